The predicted molar refractivity (Wildman–Crippen MR) is 56.3 cm³/mol. The molecule has 2 nitrogen and oxygen atoms in total. The lowest BCUT2D eigenvalue weighted by Crippen LogP contribution is -2.16. The first-order valence-electron chi connectivity index (χ1n) is 4.47. The number of hydrogen-bond donors (Lipinski definition) is 1. The lowest BCUT2D eigenvalue weighted by molar-refractivity contribution is -0.123. The van der Waals surface area contributed by atoms with Crippen LogP contribution in [0.15, 0.2) is 24.3 Å². The second-order valence-electron chi connectivity index (χ2n) is 3.37. The van der Waals surface area contributed by atoms with E-state index in [4.69, 9.17) is 11.6 Å². The third-order valence-electron chi connectivity index (χ3n) is 2.34. The van der Waals surface area contributed by atoms with Crippen LogP contribution in [-0.4, -0.2) is 10.9 Å². The lowest BCUT2D eigenvalue weighted by Gasteiger charge is -2.17. The molecule has 0 radical (unpaired) electrons. The Hall–Kier alpha value is -0.860. The standard InChI is InChI=1S/C11H13ClO2/c1-7(8(2)13)11(14)9-5-3-4-6-10(9)12/h3-7,11,14H,1-2H3/t7-,11-/m0/s1. The molecule has 1 aromatic carbocycles. The molecule has 0 bridgehead atoms. The molecule has 0 heterocycles. The average molecular weight is 213 g/mol. The normalized spacial score (nSPS) is 14.9. The van der Waals surface area contributed by atoms with Gasteiger partial charge in [-0.15, -0.1) is 0 Å². The van der Waals surface area contributed by atoms with Crippen LogP contribution in [0.1, 0.15) is 25.5 Å². The number of Topliss-reactive ketones (excluding diaryl/α,β-unsaturated/α-hetero) is 1. The molecule has 2 atom stereocenters. The number of aliphatic hydroxyl groups excluding tert-OH is 1. The van der Waals surface area contributed by atoms with Gasteiger partial charge in [-0.25, -0.2) is 0 Å². The van der Waals surface area contributed by atoms with Crippen LogP contribution in [0, 0.1) is 5.92 Å². The molecule has 0 saturated carbocycles. The number of ketones is 1. The van der Waals surface area contributed by atoms with Crippen molar-refractivity contribution in [1.82, 2.24) is 0 Å². The Morgan fingerprint density at radius 2 is 2.00 bits per heavy atom. The van der Waals surface area contributed by atoms with Gasteiger partial charge in [0, 0.05) is 10.9 Å². The Morgan fingerprint density at radius 3 is 2.50 bits per heavy atom. The highest BCUT2D eigenvalue weighted by atomic mass is 35.5. The molecule has 0 amide bonds. The molecule has 76 valence electrons. The van der Waals surface area contributed by atoms with Crippen molar-refractivity contribution in [1.29, 1.82) is 0 Å². The topological polar surface area (TPSA) is 37.3 Å². The molecule has 0 aliphatic heterocycles. The van der Waals surface area contributed by atoms with Gasteiger partial charge in [-0.3, -0.25) is 4.79 Å². The molecule has 1 rings (SSSR count). The molecule has 0 unspecified atom stereocenters. The fraction of sp³-hybridized carbons (Fsp3) is 0.364. The number of halogens is 1. The SMILES string of the molecule is CC(=O)[C@H](C)[C@H](O)c1ccccc1Cl. The highest BCUT2D eigenvalue weighted by molar-refractivity contribution is 6.31. The monoisotopic (exact) mass is 212 g/mol. The molecule has 0 fully saturated rings. The van der Waals surface area contributed by atoms with Crippen molar-refractivity contribution in [3.05, 3.63) is 34.9 Å². The van der Waals surface area contributed by atoms with E-state index >= 15 is 0 Å². The molecule has 1 N–H and O–H groups in total. The summed E-state index contributed by atoms with van der Waals surface area (Å²) in [4.78, 5) is 11.1. The number of carbonyl (C=O) groups excluding carboxylic acids is 1. The molecular formula is C11H13ClO2. The summed E-state index contributed by atoms with van der Waals surface area (Å²) in [6.07, 6.45) is -0.818. The number of aliphatic hydroxyl groups is 1. The summed E-state index contributed by atoms with van der Waals surface area (Å²) in [7, 11) is 0. The number of benzene rings is 1. The number of rotatable bonds is 3. The molecule has 14 heavy (non-hydrogen) atoms. The van der Waals surface area contributed by atoms with E-state index in [-0.39, 0.29) is 5.78 Å². The maximum atomic E-state index is 11.1. The maximum absolute atomic E-state index is 11.1. The molecule has 0 aliphatic rings. The zero-order chi connectivity index (χ0) is 10.7. The van der Waals surface area contributed by atoms with Crippen LogP contribution in [0.3, 0.4) is 0 Å². The van der Waals surface area contributed by atoms with Crippen molar-refractivity contribution in [3.63, 3.8) is 0 Å². The highest BCUT2D eigenvalue weighted by Gasteiger charge is 2.21. The average Bonchev–Trinajstić information content (AvgIpc) is 2.16. The summed E-state index contributed by atoms with van der Waals surface area (Å²) >= 11 is 5.90. The van der Waals surface area contributed by atoms with Crippen LogP contribution < -0.4 is 0 Å². The summed E-state index contributed by atoms with van der Waals surface area (Å²) < 4.78 is 0. The second-order valence-corrected chi connectivity index (χ2v) is 3.77. The first kappa shape index (κ1) is 11.2. The molecule has 3 heteroatoms. The van der Waals surface area contributed by atoms with Crippen molar-refractivity contribution in [2.24, 2.45) is 5.92 Å². The van der Waals surface area contributed by atoms with Gasteiger partial charge in [0.25, 0.3) is 0 Å². The quantitative estimate of drug-likeness (QED) is 0.836. The van der Waals surface area contributed by atoms with Crippen molar-refractivity contribution in [2.45, 2.75) is 20.0 Å². The molecule has 0 aromatic heterocycles. The van der Waals surface area contributed by atoms with Crippen LogP contribution in [0.2, 0.25) is 5.02 Å². The van der Waals surface area contributed by atoms with Gasteiger partial charge in [-0.1, -0.05) is 36.7 Å². The van der Waals surface area contributed by atoms with E-state index in [0.29, 0.717) is 10.6 Å². The summed E-state index contributed by atoms with van der Waals surface area (Å²) in [5, 5.41) is 10.3. The molecular weight excluding hydrogens is 200 g/mol. The van der Waals surface area contributed by atoms with Gasteiger partial charge in [0.15, 0.2) is 0 Å². The summed E-state index contributed by atoms with van der Waals surface area (Å²) in [6, 6.07) is 7.01. The van der Waals surface area contributed by atoms with Crippen LogP contribution in [0.4, 0.5) is 0 Å². The fourth-order valence-corrected chi connectivity index (χ4v) is 1.45. The minimum Gasteiger partial charge on any atom is -0.388 e. The van der Waals surface area contributed by atoms with E-state index in [1.807, 2.05) is 0 Å². The van der Waals surface area contributed by atoms with Crippen LogP contribution in [-0.2, 0) is 4.79 Å². The van der Waals surface area contributed by atoms with E-state index in [0.717, 1.165) is 0 Å². The van der Waals surface area contributed by atoms with Gasteiger partial charge >= 0.3 is 0 Å². The molecule has 1 aromatic rings. The van der Waals surface area contributed by atoms with Crippen LogP contribution in [0.5, 0.6) is 0 Å². The third-order valence-corrected chi connectivity index (χ3v) is 2.68. The van der Waals surface area contributed by atoms with Gasteiger partial charge in [-0.05, 0) is 18.6 Å². The smallest absolute Gasteiger partial charge is 0.135 e. The Balaban J connectivity index is 2.94. The zero-order valence-electron chi connectivity index (χ0n) is 8.20. The van der Waals surface area contributed by atoms with Crippen LogP contribution in [0.25, 0.3) is 0 Å². The van der Waals surface area contributed by atoms with E-state index in [1.165, 1.54) is 6.92 Å². The Morgan fingerprint density at radius 1 is 1.43 bits per heavy atom. The minimum atomic E-state index is -0.818. The Kier molecular flexibility index (Phi) is 3.67. The fourth-order valence-electron chi connectivity index (χ4n) is 1.21. The summed E-state index contributed by atoms with van der Waals surface area (Å²) in [6.45, 7) is 3.15. The van der Waals surface area contributed by atoms with Crippen LogP contribution >= 0.6 is 11.6 Å². The van der Waals surface area contributed by atoms with Crippen molar-refractivity contribution >= 4 is 17.4 Å². The third kappa shape index (κ3) is 2.34. The molecule has 0 saturated heterocycles. The maximum Gasteiger partial charge on any atom is 0.135 e. The minimum absolute atomic E-state index is 0.0441. The summed E-state index contributed by atoms with van der Waals surface area (Å²) in [5.74, 6) is -0.465. The van der Waals surface area contributed by atoms with Gasteiger partial charge < -0.3 is 5.11 Å². The van der Waals surface area contributed by atoms with Crippen molar-refractivity contribution in [3.8, 4) is 0 Å². The van der Waals surface area contributed by atoms with E-state index < -0.39 is 12.0 Å². The first-order valence-corrected chi connectivity index (χ1v) is 4.84. The van der Waals surface area contributed by atoms with E-state index in [1.54, 1.807) is 31.2 Å². The van der Waals surface area contributed by atoms with E-state index in [9.17, 15) is 9.90 Å². The molecule has 0 aliphatic carbocycles. The lowest BCUT2D eigenvalue weighted by atomic mass is 9.94. The number of carbonyl (C=O) groups is 1. The molecule has 0 spiro atoms. The number of hydrogen-bond acceptors (Lipinski definition) is 2. The van der Waals surface area contributed by atoms with Gasteiger partial charge in [0.05, 0.1) is 6.10 Å². The van der Waals surface area contributed by atoms with Crippen molar-refractivity contribution < 1.29 is 9.90 Å². The van der Waals surface area contributed by atoms with E-state index in [2.05, 4.69) is 0 Å². The predicted octanol–water partition coefficient (Wildman–Crippen LogP) is 2.60. The van der Waals surface area contributed by atoms with Gasteiger partial charge in [0.1, 0.15) is 5.78 Å². The van der Waals surface area contributed by atoms with Crippen molar-refractivity contribution in [2.75, 3.05) is 0 Å². The summed E-state index contributed by atoms with van der Waals surface area (Å²) in [5.41, 5.74) is 0.608. The zero-order valence-corrected chi connectivity index (χ0v) is 8.95. The first-order chi connectivity index (χ1) is 6.54. The largest absolute Gasteiger partial charge is 0.388 e. The Bertz CT molecular complexity index is 336. The second kappa shape index (κ2) is 4.58. The highest BCUT2D eigenvalue weighted by Crippen LogP contribution is 2.28. The Labute approximate surface area is 88.5 Å². The van der Waals surface area contributed by atoms with Gasteiger partial charge in [0.2, 0.25) is 0 Å². The van der Waals surface area contributed by atoms with Gasteiger partial charge in [-0.2, -0.15) is 0 Å².